The molecular weight excluding hydrogens is 546 g/mol. The molecule has 0 atom stereocenters. The zero-order valence-electron chi connectivity index (χ0n) is 24.8. The molecule has 0 saturated carbocycles. The van der Waals surface area contributed by atoms with E-state index in [-0.39, 0.29) is 35.3 Å². The molecular formula is C34H43N3O4S. The normalized spacial score (nSPS) is 15.2. The fourth-order valence-corrected chi connectivity index (χ4v) is 6.77. The van der Waals surface area contributed by atoms with E-state index in [1.165, 1.54) is 0 Å². The Morgan fingerprint density at radius 3 is 2.14 bits per heavy atom. The van der Waals surface area contributed by atoms with Crippen molar-refractivity contribution < 1.29 is 18.0 Å². The van der Waals surface area contributed by atoms with Gasteiger partial charge in [0.15, 0.2) is 9.84 Å². The number of anilines is 1. The number of amides is 2. The minimum absolute atomic E-state index is 0.0713. The summed E-state index contributed by atoms with van der Waals surface area (Å²) in [6.45, 7) is 7.36. The summed E-state index contributed by atoms with van der Waals surface area (Å²) < 4.78 is 25.5. The number of aryl methyl sites for hydroxylation is 1. The van der Waals surface area contributed by atoms with E-state index in [1.807, 2.05) is 64.4 Å². The lowest BCUT2D eigenvalue weighted by atomic mass is 10.1. The predicted molar refractivity (Wildman–Crippen MR) is 168 cm³/mol. The molecule has 0 aromatic heterocycles. The minimum atomic E-state index is -3.45. The monoisotopic (exact) mass is 589 g/mol. The van der Waals surface area contributed by atoms with E-state index < -0.39 is 9.84 Å². The lowest BCUT2D eigenvalue weighted by Gasteiger charge is -2.30. The lowest BCUT2D eigenvalue weighted by molar-refractivity contribution is -0.132. The molecule has 1 aliphatic heterocycles. The lowest BCUT2D eigenvalue weighted by Crippen LogP contribution is -2.41. The largest absolute Gasteiger partial charge is 0.337 e. The molecule has 0 N–H and O–H groups in total. The Balaban J connectivity index is 1.52. The first-order valence-electron chi connectivity index (χ1n) is 15.0. The Bertz CT molecular complexity index is 1410. The van der Waals surface area contributed by atoms with E-state index in [0.717, 1.165) is 36.3 Å². The van der Waals surface area contributed by atoms with Crippen LogP contribution >= 0.6 is 0 Å². The number of hydrogen-bond acceptors (Lipinski definition) is 5. The fourth-order valence-electron chi connectivity index (χ4n) is 5.44. The van der Waals surface area contributed by atoms with Gasteiger partial charge in [0.25, 0.3) is 0 Å². The second-order valence-electron chi connectivity index (χ2n) is 11.2. The molecule has 3 aromatic carbocycles. The summed E-state index contributed by atoms with van der Waals surface area (Å²) in [4.78, 5) is 33.6. The van der Waals surface area contributed by atoms with Crippen LogP contribution in [0.3, 0.4) is 0 Å². The molecule has 1 aliphatic rings. The minimum Gasteiger partial charge on any atom is -0.337 e. The van der Waals surface area contributed by atoms with Gasteiger partial charge in [0, 0.05) is 57.3 Å². The Morgan fingerprint density at radius 1 is 0.762 bits per heavy atom. The SMILES string of the molecule is CC(C)N1CCCN(C(=O)CCc2ccccc2)c2ccccc2CN(C(=O)CCCS(=O)(=O)c2ccccc2)CC1. The summed E-state index contributed by atoms with van der Waals surface area (Å²) in [6, 6.07) is 26.6. The molecule has 0 radical (unpaired) electrons. The Labute approximate surface area is 251 Å². The van der Waals surface area contributed by atoms with Crippen molar-refractivity contribution in [3.8, 4) is 0 Å². The molecule has 7 nitrogen and oxygen atoms in total. The van der Waals surface area contributed by atoms with Crippen molar-refractivity contribution in [1.82, 2.24) is 9.80 Å². The second kappa shape index (κ2) is 15.1. The maximum absolute atomic E-state index is 13.6. The molecule has 4 rings (SSSR count). The fraction of sp³-hybridized carbons (Fsp3) is 0.412. The molecule has 0 fully saturated rings. The number of carbonyl (C=O) groups is 2. The van der Waals surface area contributed by atoms with Crippen LogP contribution in [0.5, 0.6) is 0 Å². The van der Waals surface area contributed by atoms with Crippen molar-refractivity contribution in [1.29, 1.82) is 0 Å². The average Bonchev–Trinajstić information content (AvgIpc) is 3.03. The average molecular weight is 590 g/mol. The van der Waals surface area contributed by atoms with Crippen LogP contribution in [-0.2, 0) is 32.4 Å². The smallest absolute Gasteiger partial charge is 0.227 e. The third-order valence-electron chi connectivity index (χ3n) is 7.89. The van der Waals surface area contributed by atoms with Gasteiger partial charge >= 0.3 is 0 Å². The van der Waals surface area contributed by atoms with Crippen molar-refractivity contribution in [3.63, 3.8) is 0 Å². The van der Waals surface area contributed by atoms with Crippen LogP contribution in [0, 0.1) is 0 Å². The van der Waals surface area contributed by atoms with Crippen LogP contribution in [0.1, 0.15) is 50.7 Å². The summed E-state index contributed by atoms with van der Waals surface area (Å²) in [5, 5.41) is 0. The Kier molecular flexibility index (Phi) is 11.3. The van der Waals surface area contributed by atoms with E-state index in [4.69, 9.17) is 0 Å². The zero-order chi connectivity index (χ0) is 30.0. The van der Waals surface area contributed by atoms with Crippen LogP contribution in [0.4, 0.5) is 5.69 Å². The zero-order valence-corrected chi connectivity index (χ0v) is 25.6. The van der Waals surface area contributed by atoms with Gasteiger partial charge in [-0.15, -0.1) is 0 Å². The van der Waals surface area contributed by atoms with Crippen molar-refractivity contribution in [3.05, 3.63) is 96.1 Å². The number of para-hydroxylation sites is 1. The van der Waals surface area contributed by atoms with Crippen molar-refractivity contribution in [2.75, 3.05) is 36.8 Å². The van der Waals surface area contributed by atoms with Crippen LogP contribution in [0.15, 0.2) is 89.8 Å². The van der Waals surface area contributed by atoms with E-state index in [9.17, 15) is 18.0 Å². The predicted octanol–water partition coefficient (Wildman–Crippen LogP) is 5.35. The highest BCUT2D eigenvalue weighted by Gasteiger charge is 2.24. The van der Waals surface area contributed by atoms with Crippen LogP contribution in [-0.4, -0.2) is 68.0 Å². The van der Waals surface area contributed by atoms with Gasteiger partial charge in [-0.3, -0.25) is 14.5 Å². The molecule has 2 amide bonds. The molecule has 3 aromatic rings. The number of carbonyl (C=O) groups excluding carboxylic acids is 2. The third-order valence-corrected chi connectivity index (χ3v) is 9.70. The quantitative estimate of drug-likeness (QED) is 0.336. The number of sulfone groups is 1. The summed E-state index contributed by atoms with van der Waals surface area (Å²) in [5.74, 6) is -0.0711. The van der Waals surface area contributed by atoms with E-state index in [0.29, 0.717) is 38.5 Å². The maximum atomic E-state index is 13.6. The second-order valence-corrected chi connectivity index (χ2v) is 13.3. The standard InChI is InChI=1S/C34H43N3O4S/c1-28(2)35-22-12-23-37(34(39)21-20-29-13-5-3-6-14-29)32-18-10-9-15-30(32)27-36(25-24-35)33(38)19-11-26-42(40,41)31-16-7-4-8-17-31/h3-10,13-18,28H,11-12,19-27H2,1-2H3. The Morgan fingerprint density at radius 2 is 1.43 bits per heavy atom. The van der Waals surface area contributed by atoms with Crippen molar-refractivity contribution in [2.24, 2.45) is 0 Å². The van der Waals surface area contributed by atoms with Crippen LogP contribution < -0.4 is 4.90 Å². The molecule has 0 unspecified atom stereocenters. The highest BCUT2D eigenvalue weighted by atomic mass is 32.2. The topological polar surface area (TPSA) is 78.0 Å². The highest BCUT2D eigenvalue weighted by molar-refractivity contribution is 7.91. The molecule has 1 heterocycles. The van der Waals surface area contributed by atoms with Gasteiger partial charge in [-0.1, -0.05) is 66.7 Å². The molecule has 224 valence electrons. The molecule has 0 bridgehead atoms. The van der Waals surface area contributed by atoms with Gasteiger partial charge in [-0.2, -0.15) is 0 Å². The summed E-state index contributed by atoms with van der Waals surface area (Å²) >= 11 is 0. The first-order chi connectivity index (χ1) is 20.2. The van der Waals surface area contributed by atoms with E-state index >= 15 is 0 Å². The van der Waals surface area contributed by atoms with Crippen molar-refractivity contribution in [2.45, 2.75) is 63.4 Å². The van der Waals surface area contributed by atoms with Crippen molar-refractivity contribution >= 4 is 27.3 Å². The number of rotatable bonds is 9. The first kappa shape index (κ1) is 31.4. The van der Waals surface area contributed by atoms with Gasteiger partial charge in [-0.25, -0.2) is 8.42 Å². The third kappa shape index (κ3) is 8.76. The van der Waals surface area contributed by atoms with Gasteiger partial charge in [0.05, 0.1) is 10.6 Å². The maximum Gasteiger partial charge on any atom is 0.227 e. The molecule has 0 aliphatic carbocycles. The van der Waals surface area contributed by atoms with Crippen LogP contribution in [0.2, 0.25) is 0 Å². The Hall–Kier alpha value is -3.49. The number of fused-ring (bicyclic) bond motifs is 1. The van der Waals surface area contributed by atoms with Gasteiger partial charge < -0.3 is 9.80 Å². The van der Waals surface area contributed by atoms with Gasteiger partial charge in [-0.05, 0) is 62.4 Å². The summed E-state index contributed by atoms with van der Waals surface area (Å²) in [5.41, 5.74) is 2.90. The first-order valence-corrected chi connectivity index (χ1v) is 16.6. The molecule has 42 heavy (non-hydrogen) atoms. The number of benzene rings is 3. The summed E-state index contributed by atoms with van der Waals surface area (Å²) in [7, 11) is -3.45. The number of hydrogen-bond donors (Lipinski definition) is 0. The molecule has 0 spiro atoms. The molecule has 0 saturated heterocycles. The van der Waals surface area contributed by atoms with Crippen LogP contribution in [0.25, 0.3) is 0 Å². The van der Waals surface area contributed by atoms with Gasteiger partial charge in [0.1, 0.15) is 0 Å². The highest BCUT2D eigenvalue weighted by Crippen LogP contribution is 2.25. The van der Waals surface area contributed by atoms with E-state index in [2.05, 4.69) is 18.7 Å². The summed E-state index contributed by atoms with van der Waals surface area (Å²) in [6.07, 6.45) is 2.31. The molecule has 8 heteroatoms. The van der Waals surface area contributed by atoms with E-state index in [1.54, 1.807) is 30.3 Å². The van der Waals surface area contributed by atoms with Gasteiger partial charge in [0.2, 0.25) is 11.8 Å². The number of nitrogens with zero attached hydrogens (tertiary/aromatic N) is 3.